The van der Waals surface area contributed by atoms with Crippen LogP contribution in [0.3, 0.4) is 0 Å². The van der Waals surface area contributed by atoms with E-state index in [1.54, 1.807) is 0 Å². The molecule has 0 bridgehead atoms. The van der Waals surface area contributed by atoms with E-state index in [0.29, 0.717) is 12.1 Å². The van der Waals surface area contributed by atoms with E-state index in [9.17, 15) is 10.2 Å². The first-order valence-corrected chi connectivity index (χ1v) is 8.88. The van der Waals surface area contributed by atoms with Crippen molar-refractivity contribution in [2.75, 3.05) is 13.1 Å². The molecule has 2 atom stereocenters. The highest BCUT2D eigenvalue weighted by atomic mass is 16.5. The lowest BCUT2D eigenvalue weighted by Gasteiger charge is -2.34. The van der Waals surface area contributed by atoms with E-state index in [1.165, 1.54) is 0 Å². The molecule has 0 saturated heterocycles. The zero-order valence-electron chi connectivity index (χ0n) is 15.3. The van der Waals surface area contributed by atoms with Gasteiger partial charge in [0.15, 0.2) is 0 Å². The maximum Gasteiger partial charge on any atom is 0.122 e. The standard InChI is InChI=1S/C21H29NO3/c1-4-22-15-20(23)21(24,18-11-6-5-7-12-18)14-17-10-8-9-13-19(17)25-16(2)3/h5-13,16,20,22-24H,4,14-15H2,1-3H3/t20-,21?/m0/s1. The number of aliphatic hydroxyl groups is 2. The summed E-state index contributed by atoms with van der Waals surface area (Å²) < 4.78 is 5.88. The Morgan fingerprint density at radius 3 is 2.32 bits per heavy atom. The van der Waals surface area contributed by atoms with E-state index >= 15 is 0 Å². The van der Waals surface area contributed by atoms with Crippen LogP contribution in [0.15, 0.2) is 54.6 Å². The normalized spacial score (nSPS) is 15.0. The summed E-state index contributed by atoms with van der Waals surface area (Å²) in [6, 6.07) is 17.0. The molecule has 136 valence electrons. The quantitative estimate of drug-likeness (QED) is 0.655. The Labute approximate surface area is 150 Å². The van der Waals surface area contributed by atoms with Crippen molar-refractivity contribution >= 4 is 0 Å². The highest BCUT2D eigenvalue weighted by molar-refractivity contribution is 5.37. The highest BCUT2D eigenvalue weighted by Gasteiger charge is 2.38. The second kappa shape index (κ2) is 8.99. The van der Waals surface area contributed by atoms with Crippen molar-refractivity contribution in [2.24, 2.45) is 0 Å². The van der Waals surface area contributed by atoms with Crippen LogP contribution >= 0.6 is 0 Å². The van der Waals surface area contributed by atoms with Gasteiger partial charge in [-0.25, -0.2) is 0 Å². The van der Waals surface area contributed by atoms with Crippen LogP contribution < -0.4 is 10.1 Å². The minimum atomic E-state index is -1.40. The third-order valence-electron chi connectivity index (χ3n) is 4.21. The van der Waals surface area contributed by atoms with Crippen LogP contribution in [-0.2, 0) is 12.0 Å². The predicted molar refractivity (Wildman–Crippen MR) is 101 cm³/mol. The van der Waals surface area contributed by atoms with Gasteiger partial charge < -0.3 is 20.3 Å². The van der Waals surface area contributed by atoms with Gasteiger partial charge in [-0.3, -0.25) is 0 Å². The second-order valence-electron chi connectivity index (χ2n) is 6.56. The number of ether oxygens (including phenoxy) is 1. The van der Waals surface area contributed by atoms with Gasteiger partial charge in [0.05, 0.1) is 12.2 Å². The molecule has 3 N–H and O–H groups in total. The number of hydrogen-bond acceptors (Lipinski definition) is 4. The summed E-state index contributed by atoms with van der Waals surface area (Å²) in [4.78, 5) is 0. The Morgan fingerprint density at radius 1 is 1.04 bits per heavy atom. The number of hydrogen-bond donors (Lipinski definition) is 3. The summed E-state index contributed by atoms with van der Waals surface area (Å²) in [5, 5.41) is 25.3. The van der Waals surface area contributed by atoms with Crippen molar-refractivity contribution in [2.45, 2.75) is 45.0 Å². The van der Waals surface area contributed by atoms with Crippen LogP contribution in [0.2, 0.25) is 0 Å². The van der Waals surface area contributed by atoms with Crippen LogP contribution in [0.5, 0.6) is 5.75 Å². The SMILES string of the molecule is CCNC[C@H](O)C(O)(Cc1ccccc1OC(C)C)c1ccccc1. The van der Waals surface area contributed by atoms with Crippen LogP contribution in [0.1, 0.15) is 31.9 Å². The van der Waals surface area contributed by atoms with Crippen molar-refractivity contribution in [1.29, 1.82) is 0 Å². The molecule has 25 heavy (non-hydrogen) atoms. The van der Waals surface area contributed by atoms with Gasteiger partial charge in [-0.1, -0.05) is 55.5 Å². The van der Waals surface area contributed by atoms with Crippen LogP contribution in [0.25, 0.3) is 0 Å². The maximum atomic E-state index is 11.4. The van der Waals surface area contributed by atoms with Crippen molar-refractivity contribution in [3.05, 3.63) is 65.7 Å². The Morgan fingerprint density at radius 2 is 1.68 bits per heavy atom. The summed E-state index contributed by atoms with van der Waals surface area (Å²) in [6.45, 7) is 6.96. The molecule has 0 spiro atoms. The third-order valence-corrected chi connectivity index (χ3v) is 4.21. The molecule has 0 heterocycles. The lowest BCUT2D eigenvalue weighted by Crippen LogP contribution is -2.47. The fourth-order valence-corrected chi connectivity index (χ4v) is 2.90. The van der Waals surface area contributed by atoms with Crippen molar-refractivity contribution < 1.29 is 14.9 Å². The van der Waals surface area contributed by atoms with E-state index in [2.05, 4.69) is 5.32 Å². The van der Waals surface area contributed by atoms with Crippen molar-refractivity contribution in [1.82, 2.24) is 5.32 Å². The number of aliphatic hydroxyl groups excluding tert-OH is 1. The van der Waals surface area contributed by atoms with E-state index in [-0.39, 0.29) is 12.5 Å². The molecule has 0 aliphatic heterocycles. The van der Waals surface area contributed by atoms with Gasteiger partial charge in [0.25, 0.3) is 0 Å². The molecular formula is C21H29NO3. The van der Waals surface area contributed by atoms with Gasteiger partial charge in [-0.05, 0) is 37.6 Å². The molecule has 0 aliphatic carbocycles. The van der Waals surface area contributed by atoms with Crippen LogP contribution in [0, 0.1) is 0 Å². The Bertz CT molecular complexity index is 645. The topological polar surface area (TPSA) is 61.7 Å². The number of rotatable bonds is 9. The molecular weight excluding hydrogens is 314 g/mol. The monoisotopic (exact) mass is 343 g/mol. The fraction of sp³-hybridized carbons (Fsp3) is 0.429. The molecule has 2 aromatic rings. The highest BCUT2D eigenvalue weighted by Crippen LogP contribution is 2.33. The summed E-state index contributed by atoms with van der Waals surface area (Å²) >= 11 is 0. The third kappa shape index (κ3) is 5.05. The first-order valence-electron chi connectivity index (χ1n) is 8.88. The van der Waals surface area contributed by atoms with Gasteiger partial charge in [0.2, 0.25) is 0 Å². The molecule has 4 nitrogen and oxygen atoms in total. The number of nitrogens with one attached hydrogen (secondary N) is 1. The van der Waals surface area contributed by atoms with Crippen LogP contribution in [0.4, 0.5) is 0 Å². The predicted octanol–water partition coefficient (Wildman–Crippen LogP) is 2.87. The molecule has 1 unspecified atom stereocenters. The second-order valence-corrected chi connectivity index (χ2v) is 6.56. The Kier molecular flexibility index (Phi) is 7.00. The Hall–Kier alpha value is -1.88. The average molecular weight is 343 g/mol. The summed E-state index contributed by atoms with van der Waals surface area (Å²) in [5.41, 5.74) is 0.165. The first kappa shape index (κ1) is 19.4. The number of para-hydroxylation sites is 1. The number of benzene rings is 2. The van der Waals surface area contributed by atoms with Crippen molar-refractivity contribution in [3.63, 3.8) is 0 Å². The zero-order chi connectivity index (χ0) is 18.3. The maximum absolute atomic E-state index is 11.4. The molecule has 0 amide bonds. The molecule has 0 saturated carbocycles. The van der Waals surface area contributed by atoms with Gasteiger partial charge in [0.1, 0.15) is 11.4 Å². The zero-order valence-corrected chi connectivity index (χ0v) is 15.3. The summed E-state index contributed by atoms with van der Waals surface area (Å²) in [6.07, 6.45) is -0.633. The van der Waals surface area contributed by atoms with E-state index in [1.807, 2.05) is 75.4 Å². The molecule has 0 aromatic heterocycles. The fourth-order valence-electron chi connectivity index (χ4n) is 2.90. The smallest absolute Gasteiger partial charge is 0.122 e. The molecule has 0 fully saturated rings. The average Bonchev–Trinajstić information content (AvgIpc) is 2.61. The summed E-state index contributed by atoms with van der Waals surface area (Å²) in [5.74, 6) is 0.738. The van der Waals surface area contributed by atoms with E-state index in [0.717, 1.165) is 17.9 Å². The molecule has 0 aliphatic rings. The lowest BCUT2D eigenvalue weighted by atomic mass is 9.82. The van der Waals surface area contributed by atoms with Gasteiger partial charge in [-0.2, -0.15) is 0 Å². The van der Waals surface area contributed by atoms with Gasteiger partial charge in [0, 0.05) is 13.0 Å². The van der Waals surface area contributed by atoms with Crippen molar-refractivity contribution in [3.8, 4) is 5.75 Å². The minimum absolute atomic E-state index is 0.0395. The molecule has 4 heteroatoms. The van der Waals surface area contributed by atoms with Crippen LogP contribution in [-0.4, -0.2) is 35.5 Å². The minimum Gasteiger partial charge on any atom is -0.491 e. The molecule has 2 rings (SSSR count). The largest absolute Gasteiger partial charge is 0.491 e. The van der Waals surface area contributed by atoms with Gasteiger partial charge in [-0.15, -0.1) is 0 Å². The first-order chi connectivity index (χ1) is 12.0. The number of likely N-dealkylation sites (N-methyl/N-ethyl adjacent to an activating group) is 1. The lowest BCUT2D eigenvalue weighted by molar-refractivity contribution is -0.0790. The summed E-state index contributed by atoms with van der Waals surface area (Å²) in [7, 11) is 0. The van der Waals surface area contributed by atoms with Gasteiger partial charge >= 0.3 is 0 Å². The molecule has 0 radical (unpaired) electrons. The Balaban J connectivity index is 2.37. The van der Waals surface area contributed by atoms with E-state index in [4.69, 9.17) is 4.74 Å². The van der Waals surface area contributed by atoms with E-state index < -0.39 is 11.7 Å². The molecule has 2 aromatic carbocycles.